The highest BCUT2D eigenvalue weighted by Crippen LogP contribution is 2.30. The first-order valence-electron chi connectivity index (χ1n) is 7.04. The lowest BCUT2D eigenvalue weighted by Crippen LogP contribution is -2.17. The van der Waals surface area contributed by atoms with Gasteiger partial charge in [-0.05, 0) is 49.6 Å². The normalized spacial score (nSPS) is 18.3. The molecule has 0 aromatic heterocycles. The highest BCUT2D eigenvalue weighted by atomic mass is 16.5. The monoisotopic (exact) mass is 261 g/mol. The molecular formula is C16H23NO2. The Labute approximate surface area is 115 Å². The van der Waals surface area contributed by atoms with Gasteiger partial charge in [-0.25, -0.2) is 0 Å². The first kappa shape index (κ1) is 13.9. The van der Waals surface area contributed by atoms with Gasteiger partial charge in [-0.1, -0.05) is 19.1 Å². The molecule has 0 spiro atoms. The van der Waals surface area contributed by atoms with Gasteiger partial charge in [0.05, 0.1) is 7.11 Å². The Balaban J connectivity index is 2.10. The molecule has 19 heavy (non-hydrogen) atoms. The molecule has 0 saturated carbocycles. The van der Waals surface area contributed by atoms with Crippen molar-refractivity contribution in [2.24, 2.45) is 0 Å². The van der Waals surface area contributed by atoms with Crippen LogP contribution in [-0.4, -0.2) is 19.8 Å². The second-order valence-electron chi connectivity index (χ2n) is 4.78. The Kier molecular flexibility index (Phi) is 5.28. The van der Waals surface area contributed by atoms with E-state index in [1.54, 1.807) is 7.11 Å². The van der Waals surface area contributed by atoms with Gasteiger partial charge in [-0.15, -0.1) is 0 Å². The van der Waals surface area contributed by atoms with Crippen LogP contribution >= 0.6 is 0 Å². The molecule has 0 heterocycles. The Morgan fingerprint density at radius 1 is 1.32 bits per heavy atom. The molecule has 2 rings (SSSR count). The number of nitrogens with one attached hydrogen (secondary N) is 1. The van der Waals surface area contributed by atoms with Crippen LogP contribution in [0.4, 0.5) is 0 Å². The molecule has 1 aromatic rings. The zero-order valence-corrected chi connectivity index (χ0v) is 11.8. The van der Waals surface area contributed by atoms with Crippen LogP contribution in [0.5, 0.6) is 11.5 Å². The number of methoxy groups -OCH3 is 1. The zero-order chi connectivity index (χ0) is 13.5. The summed E-state index contributed by atoms with van der Waals surface area (Å²) in [6, 6.07) is 6.13. The third-order valence-corrected chi connectivity index (χ3v) is 3.30. The van der Waals surface area contributed by atoms with Crippen molar-refractivity contribution in [2.75, 3.05) is 13.7 Å². The molecule has 1 aromatic carbocycles. The predicted molar refractivity (Wildman–Crippen MR) is 77.8 cm³/mol. The van der Waals surface area contributed by atoms with Gasteiger partial charge < -0.3 is 14.8 Å². The summed E-state index contributed by atoms with van der Waals surface area (Å²) in [5, 5.41) is 3.32. The van der Waals surface area contributed by atoms with E-state index in [9.17, 15) is 0 Å². The summed E-state index contributed by atoms with van der Waals surface area (Å²) in [5.74, 6) is 1.65. The summed E-state index contributed by atoms with van der Waals surface area (Å²) >= 11 is 0. The van der Waals surface area contributed by atoms with Crippen LogP contribution in [-0.2, 0) is 6.54 Å². The molecule has 3 nitrogen and oxygen atoms in total. The minimum Gasteiger partial charge on any atom is -0.493 e. The SMILES string of the molecule is CCNCc1ccc(OC)c(OC2C=CCCC2)c1. The van der Waals surface area contributed by atoms with E-state index in [1.165, 1.54) is 12.0 Å². The van der Waals surface area contributed by atoms with Crippen LogP contribution in [0.15, 0.2) is 30.4 Å². The van der Waals surface area contributed by atoms with E-state index < -0.39 is 0 Å². The van der Waals surface area contributed by atoms with Crippen LogP contribution in [0.1, 0.15) is 31.7 Å². The minimum absolute atomic E-state index is 0.178. The van der Waals surface area contributed by atoms with Crippen LogP contribution < -0.4 is 14.8 Å². The van der Waals surface area contributed by atoms with Crippen molar-refractivity contribution < 1.29 is 9.47 Å². The zero-order valence-electron chi connectivity index (χ0n) is 11.8. The quantitative estimate of drug-likeness (QED) is 0.797. The van der Waals surface area contributed by atoms with Crippen LogP contribution in [0.2, 0.25) is 0 Å². The maximum atomic E-state index is 6.06. The van der Waals surface area contributed by atoms with Crippen molar-refractivity contribution >= 4 is 0 Å². The van der Waals surface area contributed by atoms with Crippen molar-refractivity contribution in [3.05, 3.63) is 35.9 Å². The molecule has 0 saturated heterocycles. The summed E-state index contributed by atoms with van der Waals surface area (Å²) < 4.78 is 11.4. The molecule has 1 atom stereocenters. The van der Waals surface area contributed by atoms with Gasteiger partial charge >= 0.3 is 0 Å². The van der Waals surface area contributed by atoms with Gasteiger partial charge in [0.15, 0.2) is 11.5 Å². The molecule has 0 amide bonds. The minimum atomic E-state index is 0.178. The lowest BCUT2D eigenvalue weighted by atomic mass is 10.1. The van der Waals surface area contributed by atoms with Gasteiger partial charge in [0.25, 0.3) is 0 Å². The molecule has 0 fully saturated rings. The number of rotatable bonds is 6. The Hall–Kier alpha value is -1.48. The summed E-state index contributed by atoms with van der Waals surface area (Å²) in [6.45, 7) is 3.93. The van der Waals surface area contributed by atoms with Crippen molar-refractivity contribution in [3.63, 3.8) is 0 Å². The molecule has 1 unspecified atom stereocenters. The van der Waals surface area contributed by atoms with Gasteiger partial charge in [0.2, 0.25) is 0 Å². The highest BCUT2D eigenvalue weighted by molar-refractivity contribution is 5.43. The second-order valence-corrected chi connectivity index (χ2v) is 4.78. The van der Waals surface area contributed by atoms with E-state index >= 15 is 0 Å². The summed E-state index contributed by atoms with van der Waals surface area (Å²) in [6.07, 6.45) is 7.97. The number of hydrogen-bond donors (Lipinski definition) is 1. The first-order valence-corrected chi connectivity index (χ1v) is 7.04. The molecule has 0 aliphatic heterocycles. The summed E-state index contributed by atoms with van der Waals surface area (Å²) in [5.41, 5.74) is 1.22. The standard InChI is InChI=1S/C16H23NO2/c1-3-17-12-13-9-10-15(18-2)16(11-13)19-14-7-5-4-6-8-14/h5,7,9-11,14,17H,3-4,6,8,12H2,1-2H3. The third-order valence-electron chi connectivity index (χ3n) is 3.30. The van der Waals surface area contributed by atoms with Gasteiger partial charge in [0.1, 0.15) is 6.10 Å². The van der Waals surface area contributed by atoms with Crippen molar-refractivity contribution in [1.82, 2.24) is 5.32 Å². The fourth-order valence-corrected chi connectivity index (χ4v) is 2.23. The topological polar surface area (TPSA) is 30.5 Å². The molecular weight excluding hydrogens is 238 g/mol. The van der Waals surface area contributed by atoms with E-state index in [0.29, 0.717) is 0 Å². The number of hydrogen-bond acceptors (Lipinski definition) is 3. The molecule has 0 bridgehead atoms. The number of ether oxygens (including phenoxy) is 2. The molecule has 1 aliphatic rings. The first-order chi connectivity index (χ1) is 9.33. The van der Waals surface area contributed by atoms with Crippen molar-refractivity contribution in [1.29, 1.82) is 0 Å². The predicted octanol–water partition coefficient (Wildman–Crippen LogP) is 3.29. The molecule has 3 heteroatoms. The van der Waals surface area contributed by atoms with Crippen LogP contribution in [0, 0.1) is 0 Å². The van der Waals surface area contributed by atoms with E-state index in [0.717, 1.165) is 37.4 Å². The number of benzene rings is 1. The van der Waals surface area contributed by atoms with Crippen molar-refractivity contribution in [3.8, 4) is 11.5 Å². The average Bonchev–Trinajstić information content (AvgIpc) is 2.46. The maximum Gasteiger partial charge on any atom is 0.162 e. The largest absolute Gasteiger partial charge is 0.493 e. The maximum absolute atomic E-state index is 6.06. The Bertz CT molecular complexity index is 429. The van der Waals surface area contributed by atoms with E-state index in [-0.39, 0.29) is 6.10 Å². The van der Waals surface area contributed by atoms with Gasteiger partial charge in [-0.3, -0.25) is 0 Å². The summed E-state index contributed by atoms with van der Waals surface area (Å²) in [7, 11) is 1.68. The van der Waals surface area contributed by atoms with E-state index in [4.69, 9.17) is 9.47 Å². The van der Waals surface area contributed by atoms with E-state index in [2.05, 4.69) is 36.5 Å². The second kappa shape index (κ2) is 7.19. The molecule has 104 valence electrons. The number of allylic oxidation sites excluding steroid dienone is 1. The molecule has 1 aliphatic carbocycles. The Morgan fingerprint density at radius 3 is 2.89 bits per heavy atom. The van der Waals surface area contributed by atoms with Crippen LogP contribution in [0.3, 0.4) is 0 Å². The smallest absolute Gasteiger partial charge is 0.162 e. The van der Waals surface area contributed by atoms with Gasteiger partial charge in [-0.2, -0.15) is 0 Å². The van der Waals surface area contributed by atoms with Crippen molar-refractivity contribution in [2.45, 2.75) is 38.8 Å². The van der Waals surface area contributed by atoms with E-state index in [1.807, 2.05) is 6.07 Å². The lowest BCUT2D eigenvalue weighted by Gasteiger charge is -2.20. The lowest BCUT2D eigenvalue weighted by molar-refractivity contribution is 0.219. The average molecular weight is 261 g/mol. The molecule has 0 radical (unpaired) electrons. The summed E-state index contributed by atoms with van der Waals surface area (Å²) in [4.78, 5) is 0. The van der Waals surface area contributed by atoms with Crippen LogP contribution in [0.25, 0.3) is 0 Å². The molecule has 1 N–H and O–H groups in total. The fourth-order valence-electron chi connectivity index (χ4n) is 2.23. The Morgan fingerprint density at radius 2 is 2.21 bits per heavy atom. The van der Waals surface area contributed by atoms with Gasteiger partial charge in [0, 0.05) is 6.54 Å². The highest BCUT2D eigenvalue weighted by Gasteiger charge is 2.13. The fraction of sp³-hybridized carbons (Fsp3) is 0.500. The third kappa shape index (κ3) is 4.00.